The van der Waals surface area contributed by atoms with Crippen molar-refractivity contribution in [2.24, 2.45) is 0 Å². The van der Waals surface area contributed by atoms with Crippen LogP contribution >= 0.6 is 28.7 Å². The second kappa shape index (κ2) is 10.2. The molecule has 194 valence electrons. The lowest BCUT2D eigenvalue weighted by Gasteiger charge is -2.22. The average molecular weight is 589 g/mol. The highest BCUT2D eigenvalue weighted by Crippen LogP contribution is 2.66. The first-order chi connectivity index (χ1) is 19.6. The van der Waals surface area contributed by atoms with Gasteiger partial charge in [0.1, 0.15) is 10.0 Å². The van der Waals surface area contributed by atoms with Gasteiger partial charge in [-0.1, -0.05) is 127 Å². The Balaban J connectivity index is 1.56. The molecule has 0 unspecified atom stereocenters. The van der Waals surface area contributed by atoms with Gasteiger partial charge in [0.25, 0.3) is 0 Å². The lowest BCUT2D eigenvalue weighted by atomic mass is 10.0. The maximum absolute atomic E-state index is 6.89. The Bertz CT molecular complexity index is 1940. The van der Waals surface area contributed by atoms with E-state index in [2.05, 4.69) is 117 Å². The smallest absolute Gasteiger partial charge is 0.124 e. The van der Waals surface area contributed by atoms with Crippen LogP contribution < -0.4 is 10.6 Å². The first kappa shape index (κ1) is 25.5. The molecular formula is C34H25N2PS3. The normalized spacial score (nSPS) is 16.4. The standard InChI is InChI=1S/C34H25N2PS3/c1-22-30(35-33(39-22)24-14-6-3-7-15-24)29-27-20-12-13-21-28(27)37(38,26-18-10-5-11-19-26)32(29)31-23(2)40-34(36-31)25-16-8-4-9-17-25/h3-21H,1-2H3/t37-/m1/s1. The summed E-state index contributed by atoms with van der Waals surface area (Å²) in [5.41, 5.74) is 6.62. The molecule has 0 spiro atoms. The van der Waals surface area contributed by atoms with Crippen molar-refractivity contribution < 1.29 is 0 Å². The van der Waals surface area contributed by atoms with Crippen molar-refractivity contribution in [3.05, 3.63) is 142 Å². The molecule has 0 bridgehead atoms. The van der Waals surface area contributed by atoms with E-state index in [1.807, 2.05) is 12.1 Å². The summed E-state index contributed by atoms with van der Waals surface area (Å²) in [4.78, 5) is 13.0. The minimum absolute atomic E-state index is 1.01. The zero-order valence-electron chi connectivity index (χ0n) is 22.0. The van der Waals surface area contributed by atoms with E-state index in [-0.39, 0.29) is 0 Å². The van der Waals surface area contributed by atoms with E-state index in [1.165, 1.54) is 31.2 Å². The highest BCUT2D eigenvalue weighted by Gasteiger charge is 2.42. The Morgan fingerprint density at radius 2 is 1.05 bits per heavy atom. The molecule has 0 N–H and O–H groups in total. The van der Waals surface area contributed by atoms with Gasteiger partial charge in [0.05, 0.1) is 11.4 Å². The maximum Gasteiger partial charge on any atom is 0.124 e. The van der Waals surface area contributed by atoms with E-state index < -0.39 is 6.04 Å². The predicted molar refractivity (Wildman–Crippen MR) is 177 cm³/mol. The molecule has 6 heteroatoms. The van der Waals surface area contributed by atoms with E-state index in [1.54, 1.807) is 22.7 Å². The number of rotatable bonds is 5. The molecule has 40 heavy (non-hydrogen) atoms. The maximum atomic E-state index is 6.89. The summed E-state index contributed by atoms with van der Waals surface area (Å²) >= 11 is 10.4. The third-order valence-electron chi connectivity index (χ3n) is 7.28. The Morgan fingerprint density at radius 3 is 1.65 bits per heavy atom. The number of fused-ring (bicyclic) bond motifs is 1. The van der Waals surface area contributed by atoms with Gasteiger partial charge in [-0.3, -0.25) is 0 Å². The molecular weight excluding hydrogens is 564 g/mol. The van der Waals surface area contributed by atoms with Gasteiger partial charge in [-0.15, -0.1) is 22.7 Å². The van der Waals surface area contributed by atoms with Gasteiger partial charge in [-0.25, -0.2) is 9.97 Å². The molecule has 0 saturated heterocycles. The largest absolute Gasteiger partial charge is 0.236 e. The molecule has 2 aromatic heterocycles. The van der Waals surface area contributed by atoms with Crippen LogP contribution in [0.25, 0.3) is 32.0 Å². The molecule has 7 rings (SSSR count). The Labute approximate surface area is 247 Å². The van der Waals surface area contributed by atoms with Crippen LogP contribution in [0.1, 0.15) is 26.7 Å². The van der Waals surface area contributed by atoms with Crippen LogP contribution in [0.15, 0.2) is 115 Å². The SMILES string of the molecule is Cc1sc(-c2ccccc2)nc1C1=C(c2nc(-c3ccccc3)sc2C)[P@@](=S)(c2ccccc2)c2ccccc21. The first-order valence-corrected chi connectivity index (χ1v) is 17.6. The molecule has 1 atom stereocenters. The second-order valence-electron chi connectivity index (χ2n) is 9.77. The van der Waals surface area contributed by atoms with Gasteiger partial charge in [-0.05, 0) is 24.7 Å². The number of hydrogen-bond acceptors (Lipinski definition) is 5. The van der Waals surface area contributed by atoms with E-state index in [4.69, 9.17) is 21.8 Å². The summed E-state index contributed by atoms with van der Waals surface area (Å²) < 4.78 is 0. The van der Waals surface area contributed by atoms with Crippen LogP contribution in [0.5, 0.6) is 0 Å². The highest BCUT2D eigenvalue weighted by molar-refractivity contribution is 8.27. The summed E-state index contributed by atoms with van der Waals surface area (Å²) in [5, 5.41) is 5.62. The molecule has 3 heterocycles. The van der Waals surface area contributed by atoms with Gasteiger partial charge >= 0.3 is 0 Å². The van der Waals surface area contributed by atoms with Crippen molar-refractivity contribution in [1.29, 1.82) is 0 Å². The van der Waals surface area contributed by atoms with E-state index in [9.17, 15) is 0 Å². The van der Waals surface area contributed by atoms with Gasteiger partial charge in [0, 0.05) is 43.1 Å². The molecule has 1 aliphatic rings. The number of aromatic nitrogens is 2. The van der Waals surface area contributed by atoms with Crippen molar-refractivity contribution in [1.82, 2.24) is 9.97 Å². The fraction of sp³-hybridized carbons (Fsp3) is 0.0588. The molecule has 0 radical (unpaired) electrons. The molecule has 1 aliphatic heterocycles. The zero-order valence-corrected chi connectivity index (χ0v) is 25.4. The topological polar surface area (TPSA) is 25.8 Å². The van der Waals surface area contributed by atoms with Crippen molar-refractivity contribution in [2.75, 3.05) is 0 Å². The van der Waals surface area contributed by atoms with Gasteiger partial charge < -0.3 is 0 Å². The Hall–Kier alpha value is -3.47. The summed E-state index contributed by atoms with van der Waals surface area (Å²) in [6, 6.07) is 37.8. The fourth-order valence-electron chi connectivity index (χ4n) is 5.43. The van der Waals surface area contributed by atoms with Crippen LogP contribution in [0.4, 0.5) is 0 Å². The van der Waals surface area contributed by atoms with Crippen LogP contribution in [0.2, 0.25) is 0 Å². The molecule has 4 aromatic carbocycles. The van der Waals surface area contributed by atoms with Crippen LogP contribution in [0, 0.1) is 13.8 Å². The Morgan fingerprint density at radius 1 is 0.575 bits per heavy atom. The third kappa shape index (κ3) is 4.08. The summed E-state index contributed by atoms with van der Waals surface area (Å²) in [6.07, 6.45) is 0. The molecule has 6 aromatic rings. The second-order valence-corrected chi connectivity index (χ2v) is 16.5. The molecule has 0 fully saturated rings. The third-order valence-corrected chi connectivity index (χ3v) is 14.2. The number of nitrogens with zero attached hydrogens (tertiary/aromatic N) is 2. The molecule has 0 aliphatic carbocycles. The van der Waals surface area contributed by atoms with E-state index >= 15 is 0 Å². The minimum atomic E-state index is -2.43. The quantitative estimate of drug-likeness (QED) is 0.188. The van der Waals surface area contributed by atoms with Crippen molar-refractivity contribution in [3.63, 3.8) is 0 Å². The minimum Gasteiger partial charge on any atom is -0.236 e. The van der Waals surface area contributed by atoms with Crippen molar-refractivity contribution in [2.45, 2.75) is 13.8 Å². The Kier molecular flexibility index (Phi) is 6.48. The summed E-state index contributed by atoms with van der Waals surface area (Å²) in [6.45, 7) is 4.36. The van der Waals surface area contributed by atoms with E-state index in [0.29, 0.717) is 0 Å². The van der Waals surface area contributed by atoms with Crippen molar-refractivity contribution in [3.8, 4) is 21.1 Å². The number of hydrogen-bond donors (Lipinski definition) is 0. The highest BCUT2D eigenvalue weighted by atomic mass is 32.4. The van der Waals surface area contributed by atoms with Gasteiger partial charge in [-0.2, -0.15) is 0 Å². The molecule has 0 saturated carbocycles. The average Bonchev–Trinajstić information content (AvgIpc) is 3.66. The van der Waals surface area contributed by atoms with Crippen LogP contribution in [-0.4, -0.2) is 9.97 Å². The fourth-order valence-corrected chi connectivity index (χ4v) is 12.0. The first-order valence-electron chi connectivity index (χ1n) is 13.1. The molecule has 0 amide bonds. The predicted octanol–water partition coefficient (Wildman–Crippen LogP) is 8.91. The monoisotopic (exact) mass is 588 g/mol. The lowest BCUT2D eigenvalue weighted by Crippen LogP contribution is -2.15. The van der Waals surface area contributed by atoms with Crippen LogP contribution in [-0.2, 0) is 11.8 Å². The zero-order chi connectivity index (χ0) is 27.3. The molecule has 2 nitrogen and oxygen atoms in total. The van der Waals surface area contributed by atoms with Gasteiger partial charge in [0.15, 0.2) is 0 Å². The van der Waals surface area contributed by atoms with Crippen molar-refractivity contribution >= 4 is 62.0 Å². The lowest BCUT2D eigenvalue weighted by molar-refractivity contribution is 1.30. The summed E-state index contributed by atoms with van der Waals surface area (Å²) in [7, 11) is 0. The number of aryl methyl sites for hydroxylation is 2. The number of benzene rings is 4. The van der Waals surface area contributed by atoms with Gasteiger partial charge in [0.2, 0.25) is 0 Å². The summed E-state index contributed by atoms with van der Waals surface area (Å²) in [5.74, 6) is 0. The van der Waals surface area contributed by atoms with E-state index in [0.717, 1.165) is 38.1 Å². The number of thiazole rings is 2. The van der Waals surface area contributed by atoms with Crippen LogP contribution in [0.3, 0.4) is 0 Å².